The first-order valence-corrected chi connectivity index (χ1v) is 8.54. The lowest BCUT2D eigenvalue weighted by Gasteiger charge is -2.25. The van der Waals surface area contributed by atoms with Gasteiger partial charge in [-0.25, -0.2) is 5.48 Å². The van der Waals surface area contributed by atoms with E-state index >= 15 is 0 Å². The van der Waals surface area contributed by atoms with E-state index in [-0.39, 0.29) is 0 Å². The van der Waals surface area contributed by atoms with Gasteiger partial charge >= 0.3 is 0 Å². The Morgan fingerprint density at radius 3 is 2.00 bits per heavy atom. The zero-order chi connectivity index (χ0) is 20.7. The molecular formula is C20H23N3O5. The van der Waals surface area contributed by atoms with E-state index in [2.05, 4.69) is 5.32 Å². The fraction of sp³-hybridized carbons (Fsp3) is 0.250. The Kier molecular flexibility index (Phi) is 7.25. The number of benzene rings is 2. The molecule has 0 aromatic heterocycles. The minimum atomic E-state index is -1.49. The van der Waals surface area contributed by atoms with E-state index in [1.54, 1.807) is 31.4 Å². The molecule has 0 aliphatic rings. The number of hydroxylamine groups is 1. The Morgan fingerprint density at radius 2 is 1.54 bits per heavy atom. The van der Waals surface area contributed by atoms with Crippen LogP contribution in [0, 0.1) is 0 Å². The number of ether oxygens (including phenoxy) is 1. The van der Waals surface area contributed by atoms with Crippen molar-refractivity contribution in [2.75, 3.05) is 21.2 Å². The molecule has 2 rings (SSSR count). The number of carbonyl (C=O) groups is 3. The molecule has 8 heteroatoms. The van der Waals surface area contributed by atoms with E-state index in [9.17, 15) is 14.4 Å². The molecule has 2 aromatic rings. The van der Waals surface area contributed by atoms with Crippen molar-refractivity contribution < 1.29 is 24.3 Å². The van der Waals surface area contributed by atoms with Crippen LogP contribution in [0.15, 0.2) is 48.5 Å². The second kappa shape index (κ2) is 9.63. The van der Waals surface area contributed by atoms with E-state index in [0.29, 0.717) is 12.2 Å². The van der Waals surface area contributed by atoms with Crippen molar-refractivity contribution in [3.8, 4) is 11.1 Å². The van der Waals surface area contributed by atoms with Gasteiger partial charge in [-0.15, -0.1) is 0 Å². The standard InChI is InChI=1S/C20H23N3O5/c1-21-18(24)17(19(25)22-27)23(2)20(26)16-10-8-15(9-11-16)14-6-4-13(5-7-14)12-28-3/h4-11,17,27H,12H2,1-3H3,(H,21,24)(H,22,25). The Hall–Kier alpha value is -3.23. The molecule has 0 radical (unpaired) electrons. The minimum absolute atomic E-state index is 0.307. The second-order valence-electron chi connectivity index (χ2n) is 6.12. The zero-order valence-corrected chi connectivity index (χ0v) is 15.9. The van der Waals surface area contributed by atoms with Crippen LogP contribution in [-0.4, -0.2) is 55.1 Å². The van der Waals surface area contributed by atoms with Gasteiger partial charge in [0.25, 0.3) is 17.7 Å². The molecule has 0 bridgehead atoms. The monoisotopic (exact) mass is 385 g/mol. The molecule has 3 amide bonds. The highest BCUT2D eigenvalue weighted by Crippen LogP contribution is 2.21. The quantitative estimate of drug-likeness (QED) is 0.377. The highest BCUT2D eigenvalue weighted by atomic mass is 16.5. The fourth-order valence-corrected chi connectivity index (χ4v) is 2.75. The summed E-state index contributed by atoms with van der Waals surface area (Å²) in [6, 6.07) is 13.2. The molecule has 1 unspecified atom stereocenters. The first-order valence-electron chi connectivity index (χ1n) is 8.54. The van der Waals surface area contributed by atoms with E-state index in [4.69, 9.17) is 9.94 Å². The summed E-state index contributed by atoms with van der Waals surface area (Å²) in [5, 5.41) is 11.1. The molecule has 0 heterocycles. The van der Waals surface area contributed by atoms with Crippen LogP contribution in [0.4, 0.5) is 0 Å². The average molecular weight is 385 g/mol. The number of methoxy groups -OCH3 is 1. The van der Waals surface area contributed by atoms with Crippen LogP contribution in [0.25, 0.3) is 11.1 Å². The summed E-state index contributed by atoms with van der Waals surface area (Å²) in [5.41, 5.74) is 4.67. The summed E-state index contributed by atoms with van der Waals surface area (Å²) < 4.78 is 5.09. The summed E-state index contributed by atoms with van der Waals surface area (Å²) in [5.74, 6) is -2.24. The van der Waals surface area contributed by atoms with E-state index in [0.717, 1.165) is 21.6 Å². The summed E-state index contributed by atoms with van der Waals surface area (Å²) in [6.07, 6.45) is 0. The molecule has 0 fully saturated rings. The lowest BCUT2D eigenvalue weighted by atomic mass is 10.0. The predicted molar refractivity (Wildman–Crippen MR) is 102 cm³/mol. The highest BCUT2D eigenvalue weighted by molar-refractivity contribution is 6.08. The van der Waals surface area contributed by atoms with Crippen molar-refractivity contribution >= 4 is 17.7 Å². The highest BCUT2D eigenvalue weighted by Gasteiger charge is 2.33. The third-order valence-electron chi connectivity index (χ3n) is 4.29. The summed E-state index contributed by atoms with van der Waals surface area (Å²) in [6.45, 7) is 0.536. The molecule has 28 heavy (non-hydrogen) atoms. The zero-order valence-electron chi connectivity index (χ0n) is 15.9. The van der Waals surface area contributed by atoms with Crippen LogP contribution in [0.5, 0.6) is 0 Å². The van der Waals surface area contributed by atoms with Crippen LogP contribution in [0.2, 0.25) is 0 Å². The van der Waals surface area contributed by atoms with E-state index < -0.39 is 23.8 Å². The van der Waals surface area contributed by atoms with Crippen LogP contribution in [-0.2, 0) is 20.9 Å². The van der Waals surface area contributed by atoms with Gasteiger partial charge < -0.3 is 15.0 Å². The summed E-state index contributed by atoms with van der Waals surface area (Å²) in [4.78, 5) is 37.3. The third-order valence-corrected chi connectivity index (χ3v) is 4.29. The van der Waals surface area contributed by atoms with Gasteiger partial charge in [0.15, 0.2) is 6.04 Å². The number of nitrogens with one attached hydrogen (secondary N) is 2. The normalized spacial score (nSPS) is 11.4. The van der Waals surface area contributed by atoms with E-state index in [1.165, 1.54) is 19.6 Å². The molecule has 2 aromatic carbocycles. The molecule has 0 aliphatic heterocycles. The van der Waals surface area contributed by atoms with Crippen molar-refractivity contribution in [1.82, 2.24) is 15.7 Å². The average Bonchev–Trinajstić information content (AvgIpc) is 2.73. The minimum Gasteiger partial charge on any atom is -0.380 e. The fourth-order valence-electron chi connectivity index (χ4n) is 2.75. The Bertz CT molecular complexity index is 818. The molecule has 3 N–H and O–H groups in total. The van der Waals surface area contributed by atoms with Gasteiger partial charge in [0.05, 0.1) is 6.61 Å². The Balaban J connectivity index is 2.20. The van der Waals surface area contributed by atoms with Gasteiger partial charge in [-0.2, -0.15) is 0 Å². The Labute approximate surface area is 163 Å². The van der Waals surface area contributed by atoms with Crippen molar-refractivity contribution in [3.63, 3.8) is 0 Å². The number of hydrogen-bond donors (Lipinski definition) is 3. The molecule has 0 saturated carbocycles. The maximum absolute atomic E-state index is 12.7. The van der Waals surface area contributed by atoms with Gasteiger partial charge in [-0.05, 0) is 28.8 Å². The molecule has 148 valence electrons. The molecule has 0 saturated heterocycles. The van der Waals surface area contributed by atoms with Gasteiger partial charge in [0.2, 0.25) is 0 Å². The number of amides is 3. The van der Waals surface area contributed by atoms with E-state index in [1.807, 2.05) is 24.3 Å². The lowest BCUT2D eigenvalue weighted by molar-refractivity contribution is -0.140. The molecule has 1 atom stereocenters. The first-order chi connectivity index (χ1) is 13.4. The summed E-state index contributed by atoms with van der Waals surface area (Å²) in [7, 11) is 4.30. The second-order valence-corrected chi connectivity index (χ2v) is 6.12. The topological polar surface area (TPSA) is 108 Å². The maximum atomic E-state index is 12.7. The van der Waals surface area contributed by atoms with Gasteiger partial charge in [0, 0.05) is 26.8 Å². The molecule has 0 aliphatic carbocycles. The van der Waals surface area contributed by atoms with Crippen LogP contribution in [0.3, 0.4) is 0 Å². The number of carbonyl (C=O) groups excluding carboxylic acids is 3. The van der Waals surface area contributed by atoms with Crippen LogP contribution >= 0.6 is 0 Å². The molecule has 8 nitrogen and oxygen atoms in total. The van der Waals surface area contributed by atoms with Crippen molar-refractivity contribution in [3.05, 3.63) is 59.7 Å². The third kappa shape index (κ3) is 4.73. The Morgan fingerprint density at radius 1 is 1.00 bits per heavy atom. The maximum Gasteiger partial charge on any atom is 0.275 e. The van der Waals surface area contributed by atoms with Gasteiger partial charge in [-0.3, -0.25) is 19.6 Å². The summed E-state index contributed by atoms with van der Waals surface area (Å²) >= 11 is 0. The smallest absolute Gasteiger partial charge is 0.275 e. The number of likely N-dealkylation sites (N-methyl/N-ethyl adjacent to an activating group) is 2. The number of rotatable bonds is 7. The number of hydrogen-bond acceptors (Lipinski definition) is 5. The van der Waals surface area contributed by atoms with Gasteiger partial charge in [0.1, 0.15) is 0 Å². The SMILES string of the molecule is CNC(=O)C(C(=O)NO)N(C)C(=O)c1ccc(-c2ccc(COC)cc2)cc1. The largest absolute Gasteiger partial charge is 0.380 e. The molecule has 0 spiro atoms. The number of nitrogens with zero attached hydrogens (tertiary/aromatic N) is 1. The van der Waals surface area contributed by atoms with Crippen molar-refractivity contribution in [2.45, 2.75) is 12.6 Å². The molecular weight excluding hydrogens is 362 g/mol. The predicted octanol–water partition coefficient (Wildman–Crippen LogP) is 1.19. The van der Waals surface area contributed by atoms with Crippen LogP contribution < -0.4 is 10.8 Å². The van der Waals surface area contributed by atoms with Crippen molar-refractivity contribution in [1.29, 1.82) is 0 Å². The lowest BCUT2D eigenvalue weighted by Crippen LogP contribution is -2.54. The van der Waals surface area contributed by atoms with Crippen LogP contribution in [0.1, 0.15) is 15.9 Å². The van der Waals surface area contributed by atoms with Crippen molar-refractivity contribution in [2.24, 2.45) is 0 Å². The first kappa shape index (κ1) is 21.1. The van der Waals surface area contributed by atoms with Gasteiger partial charge in [-0.1, -0.05) is 36.4 Å².